The average Bonchev–Trinajstić information content (AvgIpc) is 2.65. The molecule has 3 rings (SSSR count). The lowest BCUT2D eigenvalue weighted by molar-refractivity contribution is -0.114. The van der Waals surface area contributed by atoms with Crippen molar-refractivity contribution in [3.8, 4) is 0 Å². The molecule has 7 nitrogen and oxygen atoms in total. The number of halogens is 2. The number of carbonyl (C=O) groups is 2. The Morgan fingerprint density at radius 3 is 2.14 bits per heavy atom. The monoisotopic (exact) mass is 383 g/mol. The van der Waals surface area contributed by atoms with Crippen LogP contribution in [-0.2, 0) is 4.79 Å². The van der Waals surface area contributed by atoms with Crippen LogP contribution in [0.3, 0.4) is 0 Å². The van der Waals surface area contributed by atoms with Gasteiger partial charge in [0.15, 0.2) is 0 Å². The van der Waals surface area contributed by atoms with Crippen LogP contribution in [0.25, 0.3) is 0 Å². The number of hydrogen-bond donors (Lipinski definition) is 3. The molecule has 0 saturated heterocycles. The molecule has 3 aromatic rings. The van der Waals surface area contributed by atoms with Gasteiger partial charge in [0.05, 0.1) is 5.56 Å². The lowest BCUT2D eigenvalue weighted by atomic mass is 10.2. The fourth-order valence-electron chi connectivity index (χ4n) is 2.32. The minimum absolute atomic E-state index is 0.0280. The van der Waals surface area contributed by atoms with Gasteiger partial charge in [-0.05, 0) is 30.3 Å². The second-order valence-corrected chi connectivity index (χ2v) is 5.73. The molecule has 0 bridgehead atoms. The molecule has 0 unspecified atom stereocenters. The van der Waals surface area contributed by atoms with Crippen LogP contribution in [0, 0.1) is 11.6 Å². The van der Waals surface area contributed by atoms with Gasteiger partial charge in [0.2, 0.25) is 11.9 Å². The van der Waals surface area contributed by atoms with E-state index in [1.807, 2.05) is 0 Å². The quantitative estimate of drug-likeness (QED) is 0.624. The lowest BCUT2D eigenvalue weighted by Gasteiger charge is -2.09. The summed E-state index contributed by atoms with van der Waals surface area (Å²) >= 11 is 0. The topological polar surface area (TPSA) is 96.0 Å². The number of rotatable bonds is 5. The fraction of sp³-hybridized carbons (Fsp3) is 0.0526. The van der Waals surface area contributed by atoms with Gasteiger partial charge in [0.1, 0.15) is 17.3 Å². The predicted octanol–water partition coefficient (Wildman–Crippen LogP) is 3.71. The Balaban J connectivity index is 1.70. The van der Waals surface area contributed by atoms with Crippen molar-refractivity contribution in [1.29, 1.82) is 0 Å². The Kier molecular flexibility index (Phi) is 5.54. The number of para-hydroxylation sites is 1. The highest BCUT2D eigenvalue weighted by Crippen LogP contribution is 2.20. The summed E-state index contributed by atoms with van der Waals surface area (Å²) in [4.78, 5) is 31.3. The highest BCUT2D eigenvalue weighted by atomic mass is 19.1. The fourth-order valence-corrected chi connectivity index (χ4v) is 2.32. The Bertz CT molecular complexity index is 1000. The van der Waals surface area contributed by atoms with E-state index in [4.69, 9.17) is 0 Å². The Labute approximate surface area is 158 Å². The molecule has 0 fully saturated rings. The van der Waals surface area contributed by atoms with Gasteiger partial charge in [0, 0.05) is 30.7 Å². The van der Waals surface area contributed by atoms with Crippen LogP contribution in [0.1, 0.15) is 17.3 Å². The first-order valence-corrected chi connectivity index (χ1v) is 8.14. The third kappa shape index (κ3) is 4.64. The molecule has 2 amide bonds. The van der Waals surface area contributed by atoms with Crippen molar-refractivity contribution in [2.45, 2.75) is 6.92 Å². The summed E-state index contributed by atoms with van der Waals surface area (Å²) < 4.78 is 27.2. The van der Waals surface area contributed by atoms with Crippen LogP contribution < -0.4 is 16.0 Å². The summed E-state index contributed by atoms with van der Waals surface area (Å²) in [6, 6.07) is 10.2. The van der Waals surface area contributed by atoms with E-state index in [1.165, 1.54) is 25.4 Å². The molecule has 9 heteroatoms. The molecule has 0 aliphatic heterocycles. The molecule has 1 aromatic heterocycles. The van der Waals surface area contributed by atoms with Gasteiger partial charge in [-0.15, -0.1) is 0 Å². The molecular weight excluding hydrogens is 368 g/mol. The number of amides is 2. The molecule has 28 heavy (non-hydrogen) atoms. The van der Waals surface area contributed by atoms with E-state index >= 15 is 0 Å². The second-order valence-electron chi connectivity index (χ2n) is 5.73. The van der Waals surface area contributed by atoms with E-state index in [0.717, 1.165) is 12.1 Å². The van der Waals surface area contributed by atoms with Gasteiger partial charge in [-0.3, -0.25) is 9.59 Å². The Hall–Kier alpha value is -3.88. The molecule has 3 N–H and O–H groups in total. The summed E-state index contributed by atoms with van der Waals surface area (Å²) in [5.41, 5.74) is 0.710. The van der Waals surface area contributed by atoms with Gasteiger partial charge in [-0.1, -0.05) is 12.1 Å². The normalized spacial score (nSPS) is 10.2. The van der Waals surface area contributed by atoms with Crippen molar-refractivity contribution in [3.05, 3.63) is 72.1 Å². The maximum absolute atomic E-state index is 13.6. The number of nitrogens with zero attached hydrogens (tertiary/aromatic N) is 2. The van der Waals surface area contributed by atoms with E-state index in [2.05, 4.69) is 25.9 Å². The third-order valence-corrected chi connectivity index (χ3v) is 3.55. The van der Waals surface area contributed by atoms with Gasteiger partial charge in [0.25, 0.3) is 5.91 Å². The molecule has 0 aliphatic rings. The van der Waals surface area contributed by atoms with Gasteiger partial charge in [-0.25, -0.2) is 18.7 Å². The number of nitrogens with one attached hydrogen (secondary N) is 3. The minimum Gasteiger partial charge on any atom is -0.326 e. The van der Waals surface area contributed by atoms with Gasteiger partial charge >= 0.3 is 0 Å². The van der Waals surface area contributed by atoms with E-state index in [-0.39, 0.29) is 17.4 Å². The van der Waals surface area contributed by atoms with E-state index in [0.29, 0.717) is 11.4 Å². The van der Waals surface area contributed by atoms with Crippen molar-refractivity contribution in [2.24, 2.45) is 0 Å². The molecule has 0 spiro atoms. The van der Waals surface area contributed by atoms with Crippen molar-refractivity contribution in [1.82, 2.24) is 9.97 Å². The van der Waals surface area contributed by atoms with Crippen LogP contribution in [0.15, 0.2) is 54.9 Å². The first-order valence-electron chi connectivity index (χ1n) is 8.14. The predicted molar refractivity (Wildman–Crippen MR) is 100 cm³/mol. The molecule has 0 atom stereocenters. The summed E-state index contributed by atoms with van der Waals surface area (Å²) in [5.74, 6) is -2.51. The Morgan fingerprint density at radius 2 is 1.50 bits per heavy atom. The smallest absolute Gasteiger partial charge is 0.258 e. The van der Waals surface area contributed by atoms with Crippen LogP contribution in [0.2, 0.25) is 0 Å². The summed E-state index contributed by atoms with van der Waals surface area (Å²) in [5, 5.41) is 7.74. The standard InChI is InChI=1S/C19H15F2N5O2/c1-11(27)24-13-4-2-5-14(8-13)25-19-22-9-12(10-23-19)18(28)26-17-15(20)6-3-7-16(17)21/h2-10H,1H3,(H,24,27)(H,26,28)(H,22,23,25). The van der Waals surface area contributed by atoms with Crippen LogP contribution in [0.4, 0.5) is 31.8 Å². The van der Waals surface area contributed by atoms with E-state index in [9.17, 15) is 18.4 Å². The zero-order valence-corrected chi connectivity index (χ0v) is 14.7. The molecule has 142 valence electrons. The molecule has 0 radical (unpaired) electrons. The summed E-state index contributed by atoms with van der Waals surface area (Å²) in [6.07, 6.45) is 2.45. The zero-order chi connectivity index (χ0) is 20.1. The van der Waals surface area contributed by atoms with Crippen molar-refractivity contribution in [2.75, 3.05) is 16.0 Å². The molecule has 2 aromatic carbocycles. The number of aromatic nitrogens is 2. The Morgan fingerprint density at radius 1 is 0.893 bits per heavy atom. The number of hydrogen-bond acceptors (Lipinski definition) is 5. The maximum atomic E-state index is 13.6. The van der Waals surface area contributed by atoms with Crippen molar-refractivity contribution in [3.63, 3.8) is 0 Å². The first kappa shape index (κ1) is 18.9. The summed E-state index contributed by atoms with van der Waals surface area (Å²) in [6.45, 7) is 1.40. The molecule has 1 heterocycles. The van der Waals surface area contributed by atoms with Crippen molar-refractivity contribution >= 4 is 34.8 Å². The van der Waals surface area contributed by atoms with E-state index < -0.39 is 23.2 Å². The van der Waals surface area contributed by atoms with Crippen LogP contribution >= 0.6 is 0 Å². The highest BCUT2D eigenvalue weighted by molar-refractivity contribution is 6.04. The minimum atomic E-state index is -0.883. The maximum Gasteiger partial charge on any atom is 0.258 e. The largest absolute Gasteiger partial charge is 0.326 e. The van der Waals surface area contributed by atoms with Crippen molar-refractivity contribution < 1.29 is 18.4 Å². The molecule has 0 saturated carbocycles. The first-order chi connectivity index (χ1) is 13.4. The van der Waals surface area contributed by atoms with Crippen LogP contribution in [-0.4, -0.2) is 21.8 Å². The number of carbonyl (C=O) groups excluding carboxylic acids is 2. The second kappa shape index (κ2) is 8.21. The van der Waals surface area contributed by atoms with E-state index in [1.54, 1.807) is 24.3 Å². The molecular formula is C19H15F2N5O2. The highest BCUT2D eigenvalue weighted by Gasteiger charge is 2.14. The van der Waals surface area contributed by atoms with Gasteiger partial charge in [-0.2, -0.15) is 0 Å². The SMILES string of the molecule is CC(=O)Nc1cccc(Nc2ncc(C(=O)Nc3c(F)cccc3F)cn2)c1. The number of benzene rings is 2. The van der Waals surface area contributed by atoms with Crippen LogP contribution in [0.5, 0.6) is 0 Å². The lowest BCUT2D eigenvalue weighted by Crippen LogP contribution is -2.15. The zero-order valence-electron chi connectivity index (χ0n) is 14.7. The third-order valence-electron chi connectivity index (χ3n) is 3.55. The number of anilines is 4. The summed E-state index contributed by atoms with van der Waals surface area (Å²) in [7, 11) is 0. The van der Waals surface area contributed by atoms with Gasteiger partial charge < -0.3 is 16.0 Å². The molecule has 0 aliphatic carbocycles. The average molecular weight is 383 g/mol.